The molecular weight excluding hydrogens is 319 g/mol. The molecule has 1 aromatic rings. The number of aromatic nitrogens is 2. The van der Waals surface area contributed by atoms with Gasteiger partial charge in [0, 0.05) is 12.1 Å². The molecule has 0 aliphatic rings. The lowest BCUT2D eigenvalue weighted by Gasteiger charge is -2.11. The van der Waals surface area contributed by atoms with Gasteiger partial charge in [-0.3, -0.25) is 14.2 Å². The van der Waals surface area contributed by atoms with Crippen molar-refractivity contribution in [2.24, 2.45) is 5.92 Å². The molecule has 0 radical (unpaired) electrons. The molecule has 0 N–H and O–H groups in total. The molecule has 0 aromatic carbocycles. The van der Waals surface area contributed by atoms with Crippen LogP contribution in [0.2, 0.25) is 0 Å². The third-order valence-electron chi connectivity index (χ3n) is 2.68. The number of carbonyl (C=O) groups is 1. The Labute approximate surface area is 108 Å². The molecule has 16 heavy (non-hydrogen) atoms. The van der Waals surface area contributed by atoms with Gasteiger partial charge in [-0.1, -0.05) is 13.8 Å². The van der Waals surface area contributed by atoms with E-state index in [1.165, 1.54) is 10.8 Å². The molecule has 0 aliphatic heterocycles. The van der Waals surface area contributed by atoms with Crippen molar-refractivity contribution in [3.05, 3.63) is 25.9 Å². The molecular formula is C11H15IN2O2. The molecule has 1 heterocycles. The summed E-state index contributed by atoms with van der Waals surface area (Å²) in [6.07, 6.45) is 2.33. The van der Waals surface area contributed by atoms with Crippen molar-refractivity contribution < 1.29 is 4.79 Å². The number of hydrogen-bond acceptors (Lipinski definition) is 3. The zero-order valence-electron chi connectivity index (χ0n) is 9.66. The minimum atomic E-state index is -0.134. The average Bonchev–Trinajstić information content (AvgIpc) is 2.28. The topological polar surface area (TPSA) is 52.0 Å². The minimum Gasteiger partial charge on any atom is -0.297 e. The van der Waals surface area contributed by atoms with E-state index in [9.17, 15) is 9.59 Å². The number of carbonyl (C=O) groups excluding carboxylic acids is 1. The van der Waals surface area contributed by atoms with Gasteiger partial charge in [0.2, 0.25) is 0 Å². The lowest BCUT2D eigenvalue weighted by Crippen LogP contribution is -2.30. The van der Waals surface area contributed by atoms with Gasteiger partial charge in [0.15, 0.2) is 5.78 Å². The summed E-state index contributed by atoms with van der Waals surface area (Å²) in [5.41, 5.74) is -0.134. The van der Waals surface area contributed by atoms with E-state index in [-0.39, 0.29) is 23.8 Å². The van der Waals surface area contributed by atoms with E-state index >= 15 is 0 Å². The van der Waals surface area contributed by atoms with Gasteiger partial charge >= 0.3 is 0 Å². The van der Waals surface area contributed by atoms with Crippen molar-refractivity contribution in [3.63, 3.8) is 0 Å². The second-order valence-electron chi connectivity index (χ2n) is 3.82. The highest BCUT2D eigenvalue weighted by Gasteiger charge is 2.14. The van der Waals surface area contributed by atoms with Crippen LogP contribution in [-0.2, 0) is 11.3 Å². The molecule has 0 amide bonds. The number of Topliss-reactive ketones (excluding diaryl/α,β-unsaturated/α-hetero) is 1. The van der Waals surface area contributed by atoms with Gasteiger partial charge in [0.1, 0.15) is 5.82 Å². The van der Waals surface area contributed by atoms with Gasteiger partial charge in [0.25, 0.3) is 5.56 Å². The van der Waals surface area contributed by atoms with Crippen molar-refractivity contribution >= 4 is 28.4 Å². The van der Waals surface area contributed by atoms with Crippen LogP contribution >= 0.6 is 22.6 Å². The van der Waals surface area contributed by atoms with E-state index in [0.717, 1.165) is 6.42 Å². The number of hydrogen-bond donors (Lipinski definition) is 0. The largest absolute Gasteiger partial charge is 0.297 e. The summed E-state index contributed by atoms with van der Waals surface area (Å²) in [4.78, 5) is 27.6. The quantitative estimate of drug-likeness (QED) is 0.789. The van der Waals surface area contributed by atoms with E-state index in [4.69, 9.17) is 0 Å². The molecule has 1 aromatic heterocycles. The number of aryl methyl sites for hydroxylation is 1. The van der Waals surface area contributed by atoms with Crippen LogP contribution in [0.3, 0.4) is 0 Å². The Morgan fingerprint density at radius 3 is 2.81 bits per heavy atom. The fourth-order valence-electron chi connectivity index (χ4n) is 1.28. The fourth-order valence-corrected chi connectivity index (χ4v) is 1.71. The monoisotopic (exact) mass is 334 g/mol. The highest BCUT2D eigenvalue weighted by atomic mass is 127. The lowest BCUT2D eigenvalue weighted by atomic mass is 10.0. The molecule has 1 rings (SSSR count). The Morgan fingerprint density at radius 2 is 2.25 bits per heavy atom. The minimum absolute atomic E-state index is 0.0100. The Balaban J connectivity index is 3.02. The molecule has 5 heteroatoms. The van der Waals surface area contributed by atoms with Crippen LogP contribution < -0.4 is 5.56 Å². The van der Waals surface area contributed by atoms with Gasteiger partial charge in [-0.05, 0) is 35.9 Å². The van der Waals surface area contributed by atoms with Gasteiger partial charge in [0.05, 0.1) is 10.1 Å². The predicted molar refractivity (Wildman–Crippen MR) is 70.4 cm³/mol. The molecule has 0 bridgehead atoms. The summed E-state index contributed by atoms with van der Waals surface area (Å²) >= 11 is 1.93. The zero-order chi connectivity index (χ0) is 12.3. The highest BCUT2D eigenvalue weighted by molar-refractivity contribution is 14.1. The normalized spacial score (nSPS) is 12.5. The van der Waals surface area contributed by atoms with E-state index in [1.54, 1.807) is 6.92 Å². The van der Waals surface area contributed by atoms with E-state index in [0.29, 0.717) is 9.39 Å². The van der Waals surface area contributed by atoms with Crippen LogP contribution in [0, 0.1) is 16.4 Å². The Hall–Kier alpha value is -0.720. The number of nitrogens with zero attached hydrogens (tertiary/aromatic N) is 2. The van der Waals surface area contributed by atoms with Crippen LogP contribution in [0.1, 0.15) is 26.1 Å². The number of ketones is 1. The van der Waals surface area contributed by atoms with Crippen molar-refractivity contribution in [2.45, 2.75) is 33.7 Å². The average molecular weight is 334 g/mol. The van der Waals surface area contributed by atoms with Crippen LogP contribution in [0.25, 0.3) is 0 Å². The van der Waals surface area contributed by atoms with Crippen LogP contribution in [0.5, 0.6) is 0 Å². The van der Waals surface area contributed by atoms with Gasteiger partial charge in [-0.15, -0.1) is 0 Å². The zero-order valence-corrected chi connectivity index (χ0v) is 11.8. The van der Waals surface area contributed by atoms with Gasteiger partial charge < -0.3 is 0 Å². The SMILES string of the molecule is CCC(C)C(=O)Cn1c(C)ncc(I)c1=O. The fraction of sp³-hybridized carbons (Fsp3) is 0.545. The standard InChI is InChI=1S/C11H15IN2O2/c1-4-7(2)10(15)6-14-8(3)13-5-9(12)11(14)16/h5,7H,4,6H2,1-3H3. The van der Waals surface area contributed by atoms with Crippen LogP contribution in [0.4, 0.5) is 0 Å². The maximum atomic E-state index is 11.8. The summed E-state index contributed by atoms with van der Waals surface area (Å²) < 4.78 is 1.98. The van der Waals surface area contributed by atoms with E-state index in [1.807, 2.05) is 36.4 Å². The number of halogens is 1. The predicted octanol–water partition coefficient (Wildman–Crippen LogP) is 1.77. The molecule has 0 spiro atoms. The Morgan fingerprint density at radius 1 is 1.62 bits per heavy atom. The summed E-state index contributed by atoms with van der Waals surface area (Å²) in [7, 11) is 0. The highest BCUT2D eigenvalue weighted by Crippen LogP contribution is 2.05. The van der Waals surface area contributed by atoms with Crippen LogP contribution in [0.15, 0.2) is 11.0 Å². The number of rotatable bonds is 4. The van der Waals surface area contributed by atoms with Crippen LogP contribution in [-0.4, -0.2) is 15.3 Å². The lowest BCUT2D eigenvalue weighted by molar-refractivity contribution is -0.123. The van der Waals surface area contributed by atoms with Crippen molar-refractivity contribution in [1.82, 2.24) is 9.55 Å². The molecule has 0 aliphatic carbocycles. The first kappa shape index (κ1) is 13.3. The van der Waals surface area contributed by atoms with E-state index < -0.39 is 0 Å². The third kappa shape index (κ3) is 2.90. The third-order valence-corrected chi connectivity index (χ3v) is 3.42. The molecule has 0 fully saturated rings. The van der Waals surface area contributed by atoms with E-state index in [2.05, 4.69) is 4.98 Å². The maximum Gasteiger partial charge on any atom is 0.267 e. The summed E-state index contributed by atoms with van der Waals surface area (Å²) in [5.74, 6) is 0.655. The van der Waals surface area contributed by atoms with Crippen molar-refractivity contribution in [2.75, 3.05) is 0 Å². The first-order chi connectivity index (χ1) is 7.47. The molecule has 0 saturated carbocycles. The van der Waals surface area contributed by atoms with Crippen molar-refractivity contribution in [3.8, 4) is 0 Å². The van der Waals surface area contributed by atoms with Gasteiger partial charge in [-0.25, -0.2) is 4.98 Å². The summed E-state index contributed by atoms with van der Waals surface area (Å²) in [5, 5.41) is 0. The van der Waals surface area contributed by atoms with Crippen molar-refractivity contribution in [1.29, 1.82) is 0 Å². The summed E-state index contributed by atoms with van der Waals surface area (Å²) in [6, 6.07) is 0. The first-order valence-corrected chi connectivity index (χ1v) is 6.29. The molecule has 1 unspecified atom stereocenters. The molecule has 1 atom stereocenters. The second-order valence-corrected chi connectivity index (χ2v) is 4.98. The first-order valence-electron chi connectivity index (χ1n) is 5.22. The molecule has 0 saturated heterocycles. The maximum absolute atomic E-state index is 11.8. The smallest absolute Gasteiger partial charge is 0.267 e. The molecule has 4 nitrogen and oxygen atoms in total. The Kier molecular flexibility index (Phi) is 4.64. The summed E-state index contributed by atoms with van der Waals surface area (Å²) in [6.45, 7) is 5.71. The Bertz CT molecular complexity index is 454. The molecule has 88 valence electrons. The van der Waals surface area contributed by atoms with Gasteiger partial charge in [-0.2, -0.15) is 0 Å². The second kappa shape index (κ2) is 5.56.